The van der Waals surface area contributed by atoms with E-state index in [1.54, 1.807) is 12.5 Å². The zero-order chi connectivity index (χ0) is 15.5. The molecule has 0 aliphatic rings. The van der Waals surface area contributed by atoms with Gasteiger partial charge in [0.05, 0.1) is 23.4 Å². The number of amides is 1. The average molecular weight is 297 g/mol. The molecule has 3 aromatic rings. The molecule has 3 rings (SSSR count). The molecule has 1 amide bonds. The molecule has 6 nitrogen and oxygen atoms in total. The van der Waals surface area contributed by atoms with Gasteiger partial charge in [-0.15, -0.1) is 0 Å². The maximum absolute atomic E-state index is 12.3. The van der Waals surface area contributed by atoms with Gasteiger partial charge in [0.25, 0.3) is 0 Å². The summed E-state index contributed by atoms with van der Waals surface area (Å²) in [6, 6.07) is 7.67. The van der Waals surface area contributed by atoms with Gasteiger partial charge < -0.3 is 14.9 Å². The third-order valence-electron chi connectivity index (χ3n) is 3.64. The lowest BCUT2D eigenvalue weighted by Gasteiger charge is -2.15. The Morgan fingerprint density at radius 2 is 2.18 bits per heavy atom. The van der Waals surface area contributed by atoms with E-state index in [9.17, 15) is 4.79 Å². The smallest absolute Gasteiger partial charge is 0.240 e. The molecular weight excluding hydrogens is 278 g/mol. The summed E-state index contributed by atoms with van der Waals surface area (Å²) in [5.74, 6) is 0.743. The van der Waals surface area contributed by atoms with E-state index in [2.05, 4.69) is 20.3 Å². The van der Waals surface area contributed by atoms with E-state index < -0.39 is 0 Å². The molecule has 2 N–H and O–H groups in total. The SMILES string of the molecule is CCC(NC(=O)Cn1cnc2ccccc21)c1ncc(C)[nH]1. The minimum absolute atomic E-state index is 0.0518. The van der Waals surface area contributed by atoms with Gasteiger partial charge in [-0.2, -0.15) is 0 Å². The number of hydrogen-bond acceptors (Lipinski definition) is 3. The normalized spacial score (nSPS) is 12.5. The second kappa shape index (κ2) is 6.01. The zero-order valence-corrected chi connectivity index (χ0v) is 12.7. The number of aryl methyl sites for hydroxylation is 1. The Morgan fingerprint density at radius 1 is 1.36 bits per heavy atom. The van der Waals surface area contributed by atoms with Gasteiger partial charge in [0.2, 0.25) is 5.91 Å². The summed E-state index contributed by atoms with van der Waals surface area (Å²) < 4.78 is 1.85. The fourth-order valence-electron chi connectivity index (χ4n) is 2.50. The monoisotopic (exact) mass is 297 g/mol. The molecule has 1 aromatic carbocycles. The van der Waals surface area contributed by atoms with Crippen molar-refractivity contribution in [2.24, 2.45) is 0 Å². The van der Waals surface area contributed by atoms with Gasteiger partial charge in [0.1, 0.15) is 12.4 Å². The summed E-state index contributed by atoms with van der Waals surface area (Å²) in [7, 11) is 0. The maximum Gasteiger partial charge on any atom is 0.240 e. The predicted octanol–water partition coefficient (Wildman–Crippen LogP) is 2.34. The number of benzene rings is 1. The average Bonchev–Trinajstić information content (AvgIpc) is 3.12. The third kappa shape index (κ3) is 2.86. The number of nitrogens with zero attached hydrogens (tertiary/aromatic N) is 3. The predicted molar refractivity (Wildman–Crippen MR) is 84.2 cm³/mol. The summed E-state index contributed by atoms with van der Waals surface area (Å²) in [6.07, 6.45) is 4.25. The summed E-state index contributed by atoms with van der Waals surface area (Å²) in [4.78, 5) is 24.1. The first-order chi connectivity index (χ1) is 10.7. The van der Waals surface area contributed by atoms with Crippen LogP contribution in [0, 0.1) is 6.92 Å². The molecule has 1 atom stereocenters. The molecule has 2 aromatic heterocycles. The summed E-state index contributed by atoms with van der Waals surface area (Å²) in [6.45, 7) is 4.22. The minimum atomic E-state index is -0.101. The van der Waals surface area contributed by atoms with Gasteiger partial charge in [-0.05, 0) is 25.5 Å². The Morgan fingerprint density at radius 3 is 2.91 bits per heavy atom. The van der Waals surface area contributed by atoms with Crippen molar-refractivity contribution in [3.05, 3.63) is 48.3 Å². The second-order valence-electron chi connectivity index (χ2n) is 5.34. The summed E-state index contributed by atoms with van der Waals surface area (Å²) >= 11 is 0. The number of nitrogens with one attached hydrogen (secondary N) is 2. The zero-order valence-electron chi connectivity index (χ0n) is 12.7. The highest BCUT2D eigenvalue weighted by Gasteiger charge is 2.16. The number of imidazole rings is 2. The Labute approximate surface area is 128 Å². The van der Waals surface area contributed by atoms with Crippen LogP contribution < -0.4 is 5.32 Å². The van der Waals surface area contributed by atoms with Crippen LogP contribution >= 0.6 is 0 Å². The molecular formula is C16H19N5O. The lowest BCUT2D eigenvalue weighted by molar-refractivity contribution is -0.122. The van der Waals surface area contributed by atoms with Gasteiger partial charge in [-0.1, -0.05) is 19.1 Å². The molecule has 0 spiro atoms. The van der Waals surface area contributed by atoms with Crippen LogP contribution in [0.3, 0.4) is 0 Å². The van der Waals surface area contributed by atoms with E-state index in [-0.39, 0.29) is 18.5 Å². The number of aromatic nitrogens is 4. The Bertz CT molecular complexity index is 789. The molecule has 0 aliphatic carbocycles. The van der Waals surface area contributed by atoms with Crippen molar-refractivity contribution in [2.45, 2.75) is 32.9 Å². The van der Waals surface area contributed by atoms with E-state index in [0.29, 0.717) is 0 Å². The van der Waals surface area contributed by atoms with Crippen molar-refractivity contribution in [3.63, 3.8) is 0 Å². The molecule has 1 unspecified atom stereocenters. The highest BCUT2D eigenvalue weighted by atomic mass is 16.2. The van der Waals surface area contributed by atoms with E-state index in [4.69, 9.17) is 0 Å². The lowest BCUT2D eigenvalue weighted by atomic mass is 10.2. The van der Waals surface area contributed by atoms with Crippen molar-refractivity contribution >= 4 is 16.9 Å². The molecule has 0 fully saturated rings. The first-order valence-electron chi connectivity index (χ1n) is 7.38. The second-order valence-corrected chi connectivity index (χ2v) is 5.34. The molecule has 114 valence electrons. The van der Waals surface area contributed by atoms with E-state index in [1.807, 2.05) is 42.7 Å². The van der Waals surface area contributed by atoms with Gasteiger partial charge in [-0.3, -0.25) is 4.79 Å². The summed E-state index contributed by atoms with van der Waals surface area (Å²) in [5, 5.41) is 3.02. The van der Waals surface area contributed by atoms with E-state index in [1.165, 1.54) is 0 Å². The molecule has 0 bridgehead atoms. The van der Waals surface area contributed by atoms with Crippen molar-refractivity contribution in [1.82, 2.24) is 24.8 Å². The molecule has 2 heterocycles. The van der Waals surface area contributed by atoms with E-state index in [0.717, 1.165) is 29.0 Å². The van der Waals surface area contributed by atoms with Crippen LogP contribution in [0.4, 0.5) is 0 Å². The lowest BCUT2D eigenvalue weighted by Crippen LogP contribution is -2.31. The van der Waals surface area contributed by atoms with Gasteiger partial charge >= 0.3 is 0 Å². The minimum Gasteiger partial charge on any atom is -0.345 e. The number of para-hydroxylation sites is 2. The van der Waals surface area contributed by atoms with Crippen LogP contribution in [-0.4, -0.2) is 25.4 Å². The first-order valence-corrected chi connectivity index (χ1v) is 7.38. The maximum atomic E-state index is 12.3. The molecule has 0 aliphatic heterocycles. The largest absolute Gasteiger partial charge is 0.345 e. The van der Waals surface area contributed by atoms with E-state index >= 15 is 0 Å². The number of hydrogen-bond donors (Lipinski definition) is 2. The molecule has 6 heteroatoms. The summed E-state index contributed by atoms with van der Waals surface area (Å²) in [5.41, 5.74) is 2.84. The van der Waals surface area contributed by atoms with Gasteiger partial charge in [-0.25, -0.2) is 9.97 Å². The number of carbonyl (C=O) groups is 1. The Kier molecular flexibility index (Phi) is 3.91. The van der Waals surface area contributed by atoms with Gasteiger partial charge in [0, 0.05) is 11.9 Å². The standard InChI is InChI=1S/C16H19N5O/c1-3-12(16-17-8-11(2)19-16)20-15(22)9-21-10-18-13-6-4-5-7-14(13)21/h4-8,10,12H,3,9H2,1-2H3,(H,17,19)(H,20,22). The van der Waals surface area contributed by atoms with Gasteiger partial charge in [0.15, 0.2) is 0 Å². The molecule has 22 heavy (non-hydrogen) atoms. The first kappa shape index (κ1) is 14.3. The molecule has 0 radical (unpaired) electrons. The number of carbonyl (C=O) groups excluding carboxylic acids is 1. The number of rotatable bonds is 5. The highest BCUT2D eigenvalue weighted by Crippen LogP contribution is 2.14. The van der Waals surface area contributed by atoms with Crippen molar-refractivity contribution < 1.29 is 4.79 Å². The topological polar surface area (TPSA) is 75.6 Å². The Balaban J connectivity index is 1.71. The van der Waals surface area contributed by atoms with Crippen molar-refractivity contribution in [1.29, 1.82) is 0 Å². The van der Waals surface area contributed by atoms with Crippen molar-refractivity contribution in [2.75, 3.05) is 0 Å². The fourth-order valence-corrected chi connectivity index (χ4v) is 2.50. The molecule has 0 saturated carbocycles. The van der Waals surface area contributed by atoms with Crippen LogP contribution in [0.5, 0.6) is 0 Å². The number of fused-ring (bicyclic) bond motifs is 1. The Hall–Kier alpha value is -2.63. The van der Waals surface area contributed by atoms with Crippen molar-refractivity contribution in [3.8, 4) is 0 Å². The molecule has 0 saturated heterocycles. The third-order valence-corrected chi connectivity index (χ3v) is 3.64. The van der Waals surface area contributed by atoms with Crippen LogP contribution in [0.25, 0.3) is 11.0 Å². The van der Waals surface area contributed by atoms with Crippen LogP contribution in [0.2, 0.25) is 0 Å². The van der Waals surface area contributed by atoms with Crippen LogP contribution in [0.15, 0.2) is 36.8 Å². The van der Waals surface area contributed by atoms with Crippen LogP contribution in [-0.2, 0) is 11.3 Å². The quantitative estimate of drug-likeness (QED) is 0.759. The fraction of sp³-hybridized carbons (Fsp3) is 0.312. The number of H-pyrrole nitrogens is 1. The van der Waals surface area contributed by atoms with Crippen LogP contribution in [0.1, 0.15) is 30.9 Å². The number of aromatic amines is 1. The highest BCUT2D eigenvalue weighted by molar-refractivity contribution is 5.80.